The molecule has 1 aliphatic heterocycles. The molecule has 6 nitrogen and oxygen atoms in total. The monoisotopic (exact) mass is 350 g/mol. The summed E-state index contributed by atoms with van der Waals surface area (Å²) in [5.41, 5.74) is 2.18. The van der Waals surface area contributed by atoms with Crippen molar-refractivity contribution in [3.05, 3.63) is 60.2 Å². The average molecular weight is 350 g/mol. The Morgan fingerprint density at radius 3 is 2.69 bits per heavy atom. The van der Waals surface area contributed by atoms with Gasteiger partial charge in [-0.05, 0) is 49.2 Å². The van der Waals surface area contributed by atoms with Gasteiger partial charge >= 0.3 is 0 Å². The Bertz CT molecular complexity index is 833. The fourth-order valence-corrected chi connectivity index (χ4v) is 3.41. The first-order valence-electron chi connectivity index (χ1n) is 8.94. The zero-order valence-corrected chi connectivity index (χ0v) is 14.8. The second kappa shape index (κ2) is 7.66. The maximum Gasteiger partial charge on any atom is 0.244 e. The third-order valence-corrected chi connectivity index (χ3v) is 4.82. The van der Waals surface area contributed by atoms with E-state index in [2.05, 4.69) is 32.2 Å². The SMILES string of the molecule is COc1ccc(CN2CCCCC2c2nc(-c3ccncc3)no2)cc1. The van der Waals surface area contributed by atoms with Crippen molar-refractivity contribution >= 4 is 0 Å². The van der Waals surface area contributed by atoms with Crippen LogP contribution in [0.2, 0.25) is 0 Å². The molecule has 4 rings (SSSR count). The van der Waals surface area contributed by atoms with E-state index < -0.39 is 0 Å². The Hall–Kier alpha value is -2.73. The van der Waals surface area contributed by atoms with Gasteiger partial charge in [0.05, 0.1) is 13.2 Å². The number of likely N-dealkylation sites (tertiary alicyclic amines) is 1. The highest BCUT2D eigenvalue weighted by atomic mass is 16.5. The molecule has 0 N–H and O–H groups in total. The lowest BCUT2D eigenvalue weighted by atomic mass is 10.0. The van der Waals surface area contributed by atoms with Gasteiger partial charge in [0.15, 0.2) is 0 Å². The lowest BCUT2D eigenvalue weighted by Crippen LogP contribution is -2.33. The quantitative estimate of drug-likeness (QED) is 0.696. The van der Waals surface area contributed by atoms with Crippen molar-refractivity contribution < 1.29 is 9.26 Å². The molecule has 3 heterocycles. The summed E-state index contributed by atoms with van der Waals surface area (Å²) < 4.78 is 10.9. The minimum absolute atomic E-state index is 0.161. The number of ether oxygens (including phenoxy) is 1. The summed E-state index contributed by atoms with van der Waals surface area (Å²) in [5.74, 6) is 2.20. The molecule has 0 saturated carbocycles. The standard InChI is InChI=1S/C20H22N4O2/c1-25-17-7-5-15(6-8-17)14-24-13-3-2-4-18(24)20-22-19(23-26-20)16-9-11-21-12-10-16/h5-12,18H,2-4,13-14H2,1H3. The lowest BCUT2D eigenvalue weighted by Gasteiger charge is -2.33. The van der Waals surface area contributed by atoms with Crippen LogP contribution in [-0.2, 0) is 6.54 Å². The minimum Gasteiger partial charge on any atom is -0.497 e. The number of methoxy groups -OCH3 is 1. The molecule has 134 valence electrons. The van der Waals surface area contributed by atoms with Gasteiger partial charge in [0.1, 0.15) is 5.75 Å². The van der Waals surface area contributed by atoms with Crippen LogP contribution in [0.4, 0.5) is 0 Å². The first-order valence-corrected chi connectivity index (χ1v) is 8.94. The molecule has 2 aromatic heterocycles. The third-order valence-electron chi connectivity index (χ3n) is 4.82. The van der Waals surface area contributed by atoms with E-state index in [1.54, 1.807) is 19.5 Å². The number of pyridine rings is 1. The molecule has 0 aliphatic carbocycles. The van der Waals surface area contributed by atoms with Crippen LogP contribution < -0.4 is 4.74 Å². The van der Waals surface area contributed by atoms with Gasteiger partial charge in [-0.15, -0.1) is 0 Å². The van der Waals surface area contributed by atoms with Crippen molar-refractivity contribution in [2.45, 2.75) is 31.8 Å². The number of aromatic nitrogens is 3. The molecule has 1 unspecified atom stereocenters. The zero-order chi connectivity index (χ0) is 17.8. The highest BCUT2D eigenvalue weighted by Gasteiger charge is 2.29. The normalized spacial score (nSPS) is 18.0. The van der Waals surface area contributed by atoms with Gasteiger partial charge in [0, 0.05) is 24.5 Å². The van der Waals surface area contributed by atoms with Gasteiger partial charge in [-0.1, -0.05) is 23.7 Å². The zero-order valence-electron chi connectivity index (χ0n) is 14.8. The van der Waals surface area contributed by atoms with E-state index in [1.165, 1.54) is 18.4 Å². The fourth-order valence-electron chi connectivity index (χ4n) is 3.41. The van der Waals surface area contributed by atoms with Gasteiger partial charge in [-0.2, -0.15) is 4.98 Å². The third kappa shape index (κ3) is 3.60. The van der Waals surface area contributed by atoms with Crippen LogP contribution in [0.3, 0.4) is 0 Å². The predicted octanol–water partition coefficient (Wildman–Crippen LogP) is 3.87. The van der Waals surface area contributed by atoms with Crippen LogP contribution in [0, 0.1) is 0 Å². The second-order valence-electron chi connectivity index (χ2n) is 6.52. The van der Waals surface area contributed by atoms with Crippen molar-refractivity contribution in [3.8, 4) is 17.1 Å². The van der Waals surface area contributed by atoms with Crippen LogP contribution in [0.1, 0.15) is 36.8 Å². The first-order chi connectivity index (χ1) is 12.8. The molecule has 1 fully saturated rings. The Morgan fingerprint density at radius 1 is 1.12 bits per heavy atom. The molecule has 3 aromatic rings. The van der Waals surface area contributed by atoms with E-state index in [0.29, 0.717) is 11.7 Å². The lowest BCUT2D eigenvalue weighted by molar-refractivity contribution is 0.111. The molecule has 6 heteroatoms. The number of benzene rings is 1. The molecule has 1 saturated heterocycles. The summed E-state index contributed by atoms with van der Waals surface area (Å²) in [6.45, 7) is 1.89. The maximum atomic E-state index is 5.62. The smallest absolute Gasteiger partial charge is 0.244 e. The number of hydrogen-bond donors (Lipinski definition) is 0. The van der Waals surface area contributed by atoms with E-state index in [-0.39, 0.29) is 6.04 Å². The minimum atomic E-state index is 0.161. The highest BCUT2D eigenvalue weighted by molar-refractivity contribution is 5.52. The van der Waals surface area contributed by atoms with Gasteiger partial charge in [-0.25, -0.2) is 0 Å². The van der Waals surface area contributed by atoms with E-state index >= 15 is 0 Å². The van der Waals surface area contributed by atoms with E-state index in [0.717, 1.165) is 30.8 Å². The van der Waals surface area contributed by atoms with Crippen LogP contribution in [-0.4, -0.2) is 33.7 Å². The van der Waals surface area contributed by atoms with E-state index in [9.17, 15) is 0 Å². The first kappa shape index (κ1) is 16.7. The number of piperidine rings is 1. The predicted molar refractivity (Wildman–Crippen MR) is 97.5 cm³/mol. The van der Waals surface area contributed by atoms with Crippen molar-refractivity contribution in [2.75, 3.05) is 13.7 Å². The number of rotatable bonds is 5. The molecule has 26 heavy (non-hydrogen) atoms. The van der Waals surface area contributed by atoms with Crippen molar-refractivity contribution in [1.82, 2.24) is 20.0 Å². The summed E-state index contributed by atoms with van der Waals surface area (Å²) in [5, 5.41) is 4.17. The summed E-state index contributed by atoms with van der Waals surface area (Å²) in [6, 6.07) is 12.2. The van der Waals surface area contributed by atoms with Crippen molar-refractivity contribution in [3.63, 3.8) is 0 Å². The molecule has 0 bridgehead atoms. The molecule has 0 radical (unpaired) electrons. The van der Waals surface area contributed by atoms with Gasteiger partial charge < -0.3 is 9.26 Å². The molecule has 1 aliphatic rings. The largest absolute Gasteiger partial charge is 0.497 e. The van der Waals surface area contributed by atoms with Crippen molar-refractivity contribution in [1.29, 1.82) is 0 Å². The topological polar surface area (TPSA) is 64.3 Å². The Labute approximate surface area is 152 Å². The summed E-state index contributed by atoms with van der Waals surface area (Å²) in [6.07, 6.45) is 6.88. The van der Waals surface area contributed by atoms with Gasteiger partial charge in [0.2, 0.25) is 11.7 Å². The number of hydrogen-bond acceptors (Lipinski definition) is 6. The molecule has 0 amide bonds. The Kier molecular flexibility index (Phi) is 4.93. The van der Waals surface area contributed by atoms with Crippen molar-refractivity contribution in [2.24, 2.45) is 0 Å². The van der Waals surface area contributed by atoms with Crippen LogP contribution in [0.25, 0.3) is 11.4 Å². The molecule has 0 spiro atoms. The fraction of sp³-hybridized carbons (Fsp3) is 0.350. The Balaban J connectivity index is 1.53. The molecule has 1 atom stereocenters. The number of nitrogens with zero attached hydrogens (tertiary/aromatic N) is 4. The van der Waals surface area contributed by atoms with Gasteiger partial charge in [0.25, 0.3) is 0 Å². The Morgan fingerprint density at radius 2 is 1.92 bits per heavy atom. The molecular formula is C20H22N4O2. The summed E-state index contributed by atoms with van der Waals surface area (Å²) >= 11 is 0. The average Bonchev–Trinajstić information content (AvgIpc) is 3.20. The van der Waals surface area contributed by atoms with Crippen LogP contribution in [0.15, 0.2) is 53.3 Å². The van der Waals surface area contributed by atoms with E-state index in [1.807, 2.05) is 24.3 Å². The molecular weight excluding hydrogens is 328 g/mol. The van der Waals surface area contributed by atoms with E-state index in [4.69, 9.17) is 9.26 Å². The second-order valence-corrected chi connectivity index (χ2v) is 6.52. The molecule has 1 aromatic carbocycles. The summed E-state index contributed by atoms with van der Waals surface area (Å²) in [4.78, 5) is 11.1. The van der Waals surface area contributed by atoms with Crippen LogP contribution >= 0.6 is 0 Å². The van der Waals surface area contributed by atoms with Gasteiger partial charge in [-0.3, -0.25) is 9.88 Å². The highest BCUT2D eigenvalue weighted by Crippen LogP contribution is 2.32. The summed E-state index contributed by atoms with van der Waals surface area (Å²) in [7, 11) is 1.69. The maximum absolute atomic E-state index is 5.62. The van der Waals surface area contributed by atoms with Crippen LogP contribution in [0.5, 0.6) is 5.75 Å².